The molecule has 0 spiro atoms. The van der Waals surface area contributed by atoms with Crippen LogP contribution in [0.2, 0.25) is 0 Å². The van der Waals surface area contributed by atoms with Gasteiger partial charge in [-0.2, -0.15) is 0 Å². The molecule has 0 aliphatic carbocycles. The molecule has 5 heteroatoms. The van der Waals surface area contributed by atoms with Crippen LogP contribution in [0.4, 0.5) is 0 Å². The number of fused-ring (bicyclic) bond motifs is 2. The van der Waals surface area contributed by atoms with Crippen LogP contribution in [0.25, 0.3) is 16.5 Å². The van der Waals surface area contributed by atoms with Gasteiger partial charge in [0, 0.05) is 29.6 Å². The third-order valence-corrected chi connectivity index (χ3v) is 4.14. The molecular weight excluding hydrogens is 314 g/mol. The van der Waals surface area contributed by atoms with E-state index in [1.807, 2.05) is 58.0 Å². The van der Waals surface area contributed by atoms with Crippen LogP contribution in [0.3, 0.4) is 0 Å². The molecule has 0 bridgehead atoms. The lowest BCUT2D eigenvalue weighted by Crippen LogP contribution is -2.48. The Morgan fingerprint density at radius 2 is 1.88 bits per heavy atom. The zero-order valence-electron chi connectivity index (χ0n) is 15.3. The van der Waals surface area contributed by atoms with E-state index in [2.05, 4.69) is 5.32 Å². The minimum atomic E-state index is -0.715. The molecule has 0 fully saturated rings. The average molecular weight is 337 g/mol. The molecule has 0 saturated heterocycles. The number of para-hydroxylation sites is 1. The second-order valence-corrected chi connectivity index (χ2v) is 7.50. The van der Waals surface area contributed by atoms with Gasteiger partial charge in [-0.15, -0.1) is 0 Å². The number of nitrogens with one attached hydrogen (secondary N) is 1. The number of amides is 2. The first-order valence-electron chi connectivity index (χ1n) is 8.37. The maximum absolute atomic E-state index is 13.0. The van der Waals surface area contributed by atoms with Gasteiger partial charge in [0.2, 0.25) is 11.8 Å². The van der Waals surface area contributed by atoms with Gasteiger partial charge in [0.1, 0.15) is 6.04 Å². The first-order chi connectivity index (χ1) is 11.7. The quantitative estimate of drug-likeness (QED) is 0.867. The van der Waals surface area contributed by atoms with E-state index in [1.165, 1.54) is 11.8 Å². The molecule has 1 unspecified atom stereocenters. The van der Waals surface area contributed by atoms with Crippen molar-refractivity contribution in [3.8, 4) is 0 Å². The molecule has 0 saturated carbocycles. The molecule has 1 aromatic carbocycles. The van der Waals surface area contributed by atoms with Gasteiger partial charge in [-0.3, -0.25) is 9.59 Å². The van der Waals surface area contributed by atoms with Crippen molar-refractivity contribution in [1.82, 2.24) is 15.2 Å². The van der Waals surface area contributed by atoms with Crippen LogP contribution < -0.4 is 5.32 Å². The van der Waals surface area contributed by atoms with Crippen molar-refractivity contribution < 1.29 is 9.59 Å². The van der Waals surface area contributed by atoms with E-state index in [4.69, 9.17) is 4.98 Å². The maximum Gasteiger partial charge on any atom is 0.248 e. The van der Waals surface area contributed by atoms with Crippen LogP contribution in [0.1, 0.15) is 51.9 Å². The second kappa shape index (κ2) is 5.99. The number of nitrogens with zero attached hydrogens (tertiary/aromatic N) is 2. The molecular formula is C20H23N3O2. The molecule has 3 rings (SSSR count). The van der Waals surface area contributed by atoms with Crippen molar-refractivity contribution in [2.75, 3.05) is 0 Å². The number of hydrogen-bond acceptors (Lipinski definition) is 3. The third kappa shape index (κ3) is 3.27. The summed E-state index contributed by atoms with van der Waals surface area (Å²) < 4.78 is 0. The van der Waals surface area contributed by atoms with Gasteiger partial charge in [-0.1, -0.05) is 18.2 Å². The van der Waals surface area contributed by atoms with Gasteiger partial charge < -0.3 is 10.2 Å². The maximum atomic E-state index is 13.0. The van der Waals surface area contributed by atoms with Crippen molar-refractivity contribution in [3.05, 3.63) is 47.8 Å². The van der Waals surface area contributed by atoms with Gasteiger partial charge in [0.05, 0.1) is 11.2 Å². The molecule has 1 aliphatic rings. The smallest absolute Gasteiger partial charge is 0.248 e. The van der Waals surface area contributed by atoms with Crippen LogP contribution in [0.5, 0.6) is 0 Å². The summed E-state index contributed by atoms with van der Waals surface area (Å²) in [6.45, 7) is 9.15. The Hall–Kier alpha value is -2.69. The van der Waals surface area contributed by atoms with Gasteiger partial charge in [0.25, 0.3) is 0 Å². The topological polar surface area (TPSA) is 62.3 Å². The normalized spacial score (nSPS) is 17.1. The third-order valence-electron chi connectivity index (χ3n) is 4.14. The Bertz CT molecular complexity index is 893. The fraction of sp³-hybridized carbons (Fsp3) is 0.350. The predicted molar refractivity (Wildman–Crippen MR) is 98.6 cm³/mol. The molecule has 2 amide bonds. The van der Waals surface area contributed by atoms with E-state index < -0.39 is 6.04 Å². The predicted octanol–water partition coefficient (Wildman–Crippen LogP) is 3.41. The number of rotatable bonds is 1. The van der Waals surface area contributed by atoms with Crippen molar-refractivity contribution in [1.29, 1.82) is 0 Å². The van der Waals surface area contributed by atoms with E-state index in [-0.39, 0.29) is 17.4 Å². The first-order valence-corrected chi connectivity index (χ1v) is 8.37. The number of aromatic nitrogens is 1. The van der Waals surface area contributed by atoms with Crippen molar-refractivity contribution in [2.24, 2.45) is 0 Å². The molecule has 0 radical (unpaired) electrons. The van der Waals surface area contributed by atoms with E-state index >= 15 is 0 Å². The SMILES string of the molecule is CC(=O)N1C=C(C)c2nc3ccccc3cc2C1C(=O)NC(C)(C)C. The van der Waals surface area contributed by atoms with Crippen LogP contribution in [0, 0.1) is 0 Å². The minimum absolute atomic E-state index is 0.174. The van der Waals surface area contributed by atoms with E-state index in [0.717, 1.165) is 27.7 Å². The molecule has 2 aromatic rings. The lowest BCUT2D eigenvalue weighted by Gasteiger charge is -2.35. The minimum Gasteiger partial charge on any atom is -0.349 e. The Labute approximate surface area is 147 Å². The highest BCUT2D eigenvalue weighted by molar-refractivity contribution is 5.94. The number of hydrogen-bond donors (Lipinski definition) is 1. The summed E-state index contributed by atoms with van der Waals surface area (Å²) in [5.74, 6) is -0.378. The summed E-state index contributed by atoms with van der Waals surface area (Å²) in [6.07, 6.45) is 1.72. The van der Waals surface area contributed by atoms with E-state index in [1.54, 1.807) is 6.20 Å². The van der Waals surface area contributed by atoms with Crippen LogP contribution in [0.15, 0.2) is 36.5 Å². The largest absolute Gasteiger partial charge is 0.349 e. The van der Waals surface area contributed by atoms with Crippen molar-refractivity contribution >= 4 is 28.3 Å². The summed E-state index contributed by atoms with van der Waals surface area (Å²) >= 11 is 0. The fourth-order valence-electron chi connectivity index (χ4n) is 3.13. The van der Waals surface area contributed by atoms with E-state index in [0.29, 0.717) is 0 Å². The summed E-state index contributed by atoms with van der Waals surface area (Å²) in [6, 6.07) is 9.05. The van der Waals surface area contributed by atoms with Gasteiger partial charge in [-0.25, -0.2) is 4.98 Å². The molecule has 1 aromatic heterocycles. The molecule has 1 N–H and O–H groups in total. The molecule has 5 nitrogen and oxygen atoms in total. The zero-order valence-corrected chi connectivity index (χ0v) is 15.3. The Morgan fingerprint density at radius 3 is 2.52 bits per heavy atom. The number of allylic oxidation sites excluding steroid dienone is 1. The number of pyridine rings is 1. The number of benzene rings is 1. The van der Waals surface area contributed by atoms with Crippen LogP contribution in [-0.4, -0.2) is 27.2 Å². The number of carbonyl (C=O) groups excluding carboxylic acids is 2. The fourth-order valence-corrected chi connectivity index (χ4v) is 3.13. The molecule has 2 heterocycles. The molecule has 1 atom stereocenters. The highest BCUT2D eigenvalue weighted by Crippen LogP contribution is 2.36. The Balaban J connectivity index is 2.19. The number of carbonyl (C=O) groups is 2. The Kier molecular flexibility index (Phi) is 4.11. The first kappa shape index (κ1) is 17.1. The summed E-state index contributed by atoms with van der Waals surface area (Å²) in [5, 5.41) is 3.94. The summed E-state index contributed by atoms with van der Waals surface area (Å²) in [4.78, 5) is 31.4. The van der Waals surface area contributed by atoms with Gasteiger partial charge in [0.15, 0.2) is 0 Å². The molecule has 130 valence electrons. The van der Waals surface area contributed by atoms with Crippen molar-refractivity contribution in [3.63, 3.8) is 0 Å². The summed E-state index contributed by atoms with van der Waals surface area (Å²) in [5.41, 5.74) is 2.89. The highest BCUT2D eigenvalue weighted by Gasteiger charge is 2.36. The molecule has 1 aliphatic heterocycles. The zero-order chi connectivity index (χ0) is 18.4. The standard InChI is InChI=1S/C20H23N3O2/c1-12-11-23(13(2)24)18(19(25)22-20(3,4)5)15-10-14-8-6-7-9-16(14)21-17(12)15/h6-11,18H,1-5H3,(H,22,25). The van der Waals surface area contributed by atoms with Gasteiger partial charge in [-0.05, 0) is 45.4 Å². The lowest BCUT2D eigenvalue weighted by atomic mass is 9.93. The van der Waals surface area contributed by atoms with Crippen molar-refractivity contribution in [2.45, 2.75) is 46.2 Å². The second-order valence-electron chi connectivity index (χ2n) is 7.50. The van der Waals surface area contributed by atoms with E-state index in [9.17, 15) is 9.59 Å². The van der Waals surface area contributed by atoms with Gasteiger partial charge >= 0.3 is 0 Å². The highest BCUT2D eigenvalue weighted by atomic mass is 16.2. The lowest BCUT2D eigenvalue weighted by molar-refractivity contribution is -0.137. The monoisotopic (exact) mass is 337 g/mol. The van der Waals surface area contributed by atoms with Crippen LogP contribution >= 0.6 is 0 Å². The average Bonchev–Trinajstić information content (AvgIpc) is 2.51. The van der Waals surface area contributed by atoms with Crippen LogP contribution in [-0.2, 0) is 9.59 Å². The Morgan fingerprint density at radius 1 is 1.20 bits per heavy atom. The summed E-state index contributed by atoms with van der Waals surface area (Å²) in [7, 11) is 0. The molecule has 25 heavy (non-hydrogen) atoms.